The van der Waals surface area contributed by atoms with Crippen LogP contribution in [0, 0.1) is 0 Å². The summed E-state index contributed by atoms with van der Waals surface area (Å²) in [4.78, 5) is 29.8. The van der Waals surface area contributed by atoms with Gasteiger partial charge in [0.15, 0.2) is 18.5 Å². The number of rotatable bonds is 13. The number of amides is 2. The number of aliphatic hydroxyl groups is 3. The number of alkyl carbamates (subject to hydrolysis) is 2. The molecule has 16 nitrogen and oxygen atoms in total. The Morgan fingerprint density at radius 3 is 2.16 bits per heavy atom. The summed E-state index contributed by atoms with van der Waals surface area (Å²) in [5.74, 6) is 0.352. The summed E-state index contributed by atoms with van der Waals surface area (Å²) >= 11 is 0. The van der Waals surface area contributed by atoms with Crippen molar-refractivity contribution in [3.63, 3.8) is 0 Å². The van der Waals surface area contributed by atoms with Crippen LogP contribution in [0.3, 0.4) is 0 Å². The van der Waals surface area contributed by atoms with Crippen LogP contribution in [-0.2, 0) is 28.4 Å². The molecule has 2 amide bonds. The first-order valence-corrected chi connectivity index (χ1v) is 15.2. The lowest BCUT2D eigenvalue weighted by Crippen LogP contribution is -2.67. The second-order valence-corrected chi connectivity index (χ2v) is 12.9. The number of nitrogens with one attached hydrogen (secondary N) is 2. The third-order valence-electron chi connectivity index (χ3n) is 6.56. The summed E-state index contributed by atoms with van der Waals surface area (Å²) in [6.45, 7) is 11.5. The van der Waals surface area contributed by atoms with Gasteiger partial charge in [-0.1, -0.05) is 6.92 Å². The van der Waals surface area contributed by atoms with E-state index in [0.717, 1.165) is 0 Å². The van der Waals surface area contributed by atoms with Crippen LogP contribution in [0.25, 0.3) is 0 Å². The second-order valence-electron chi connectivity index (χ2n) is 12.9. The number of ether oxygens (including phenoxy) is 6. The third-order valence-corrected chi connectivity index (χ3v) is 6.56. The van der Waals surface area contributed by atoms with Crippen molar-refractivity contribution in [2.24, 2.45) is 16.5 Å². The van der Waals surface area contributed by atoms with E-state index in [1.807, 2.05) is 6.08 Å². The van der Waals surface area contributed by atoms with E-state index in [-0.39, 0.29) is 38.6 Å². The normalized spacial score (nSPS) is 26.8. The summed E-state index contributed by atoms with van der Waals surface area (Å²) < 4.78 is 34.8. The second kappa shape index (κ2) is 17.1. The fraction of sp³-hybridized carbons (Fsp3) is 0.828. The minimum Gasteiger partial charge on any atom is -0.468 e. The van der Waals surface area contributed by atoms with Gasteiger partial charge in [0.05, 0.1) is 31.8 Å². The molecule has 45 heavy (non-hydrogen) atoms. The molecule has 1 fully saturated rings. The molecular formula is C29H53N5O11. The maximum atomic E-state index is 12.9. The van der Waals surface area contributed by atoms with Crippen molar-refractivity contribution in [1.82, 2.24) is 10.6 Å². The Kier molecular flexibility index (Phi) is 14.6. The minimum absolute atomic E-state index is 0.0107. The quantitative estimate of drug-likeness (QED) is 0.0829. The van der Waals surface area contributed by atoms with Crippen molar-refractivity contribution >= 4 is 18.1 Å². The van der Waals surface area contributed by atoms with Crippen LogP contribution in [0.4, 0.5) is 9.59 Å². The van der Waals surface area contributed by atoms with Gasteiger partial charge in [-0.25, -0.2) is 14.6 Å². The Balaban J connectivity index is 2.45. The lowest BCUT2D eigenvalue weighted by Gasteiger charge is -2.46. The monoisotopic (exact) mass is 647 g/mol. The molecule has 0 unspecified atom stereocenters. The summed E-state index contributed by atoms with van der Waals surface area (Å²) in [5, 5.41) is 37.2. The molecule has 1 saturated carbocycles. The molecular weight excluding hydrogens is 594 g/mol. The van der Waals surface area contributed by atoms with E-state index in [4.69, 9.17) is 39.9 Å². The fourth-order valence-corrected chi connectivity index (χ4v) is 4.71. The molecule has 1 aliphatic carbocycles. The number of allylic oxidation sites excluding steroid dienone is 1. The molecule has 1 heterocycles. The first-order chi connectivity index (χ1) is 20.9. The number of guanidine groups is 1. The lowest BCUT2D eigenvalue weighted by molar-refractivity contribution is -0.270. The van der Waals surface area contributed by atoms with Gasteiger partial charge in [0, 0.05) is 6.42 Å². The molecule has 0 aromatic carbocycles. The number of carbonyl (C=O) groups excluding carboxylic acids is 2. The molecule has 0 radical (unpaired) electrons. The zero-order valence-electron chi connectivity index (χ0n) is 27.4. The van der Waals surface area contributed by atoms with Gasteiger partial charge in [-0.2, -0.15) is 0 Å². The maximum absolute atomic E-state index is 12.9. The molecule has 0 bridgehead atoms. The van der Waals surface area contributed by atoms with Crippen molar-refractivity contribution < 1.29 is 53.3 Å². The largest absolute Gasteiger partial charge is 0.468 e. The highest BCUT2D eigenvalue weighted by molar-refractivity contribution is 5.75. The van der Waals surface area contributed by atoms with Crippen LogP contribution in [0.5, 0.6) is 0 Å². The van der Waals surface area contributed by atoms with Crippen molar-refractivity contribution in [3.05, 3.63) is 11.8 Å². The van der Waals surface area contributed by atoms with Gasteiger partial charge in [0.2, 0.25) is 0 Å². The minimum atomic E-state index is -1.52. The average Bonchev–Trinajstić information content (AvgIpc) is 2.91. The van der Waals surface area contributed by atoms with Gasteiger partial charge in [-0.15, -0.1) is 0 Å². The van der Waals surface area contributed by atoms with Crippen LogP contribution >= 0.6 is 0 Å². The zero-order chi connectivity index (χ0) is 33.9. The predicted octanol–water partition coefficient (Wildman–Crippen LogP) is 0.708. The molecule has 1 aliphatic heterocycles. The van der Waals surface area contributed by atoms with Crippen molar-refractivity contribution in [2.45, 2.75) is 134 Å². The molecule has 2 rings (SSSR count). The highest BCUT2D eigenvalue weighted by atomic mass is 16.7. The highest BCUT2D eigenvalue weighted by Crippen LogP contribution is 2.31. The predicted molar refractivity (Wildman–Crippen MR) is 163 cm³/mol. The van der Waals surface area contributed by atoms with Crippen LogP contribution in [0.2, 0.25) is 0 Å². The van der Waals surface area contributed by atoms with Gasteiger partial charge in [0.25, 0.3) is 0 Å². The number of aliphatic imine (C=N–C) groups is 1. The van der Waals surface area contributed by atoms with Gasteiger partial charge < -0.3 is 65.8 Å². The molecule has 16 heteroatoms. The molecule has 2 aliphatic rings. The molecule has 0 aromatic heterocycles. The number of hydrogen-bond donors (Lipinski definition) is 7. The molecule has 8 atom stereocenters. The molecule has 260 valence electrons. The van der Waals surface area contributed by atoms with Crippen LogP contribution in [0.15, 0.2) is 16.8 Å². The van der Waals surface area contributed by atoms with Gasteiger partial charge in [-0.3, -0.25) is 0 Å². The van der Waals surface area contributed by atoms with E-state index in [2.05, 4.69) is 15.6 Å². The zero-order valence-corrected chi connectivity index (χ0v) is 27.4. The topological polar surface area (TPSA) is 239 Å². The Hall–Kier alpha value is -2.89. The van der Waals surface area contributed by atoms with E-state index in [0.29, 0.717) is 18.6 Å². The van der Waals surface area contributed by atoms with Gasteiger partial charge in [0.1, 0.15) is 41.4 Å². The first kappa shape index (κ1) is 38.3. The van der Waals surface area contributed by atoms with Gasteiger partial charge in [-0.05, 0) is 66.9 Å². The number of nitrogens with zero attached hydrogens (tertiary/aromatic N) is 1. The van der Waals surface area contributed by atoms with E-state index < -0.39 is 72.5 Å². The molecule has 0 saturated heterocycles. The van der Waals surface area contributed by atoms with E-state index in [1.165, 1.54) is 0 Å². The standard InChI is InChI=1S/C29H53N5O11/c1-8-19(36)24(40-13-12-35)43-23-18(34-27(39)45-29(5,6)7)14-17(33-26(38)44-28(2,3)4)22(21(23)37)42-20-11-9-10-16(41-20)15-32-25(30)31/h10,17-24,35-37H,8-9,11-15H2,1-7H3,(H,33,38)(H,34,39)(H4,30,31,32)/t17-,18+,19+,20+,21-,22+,23-,24+/m0/s1. The third kappa shape index (κ3) is 13.6. The van der Waals surface area contributed by atoms with E-state index in [9.17, 15) is 24.9 Å². The highest BCUT2D eigenvalue weighted by Gasteiger charge is 2.50. The molecule has 9 N–H and O–H groups in total. The van der Waals surface area contributed by atoms with Crippen molar-refractivity contribution in [3.8, 4) is 0 Å². The van der Waals surface area contributed by atoms with Crippen LogP contribution in [0.1, 0.15) is 74.1 Å². The first-order valence-electron chi connectivity index (χ1n) is 15.2. The summed E-state index contributed by atoms with van der Waals surface area (Å²) in [6, 6.07) is -1.89. The number of carbonyl (C=O) groups is 2. The Bertz CT molecular complexity index is 1010. The Morgan fingerprint density at radius 1 is 1.07 bits per heavy atom. The average molecular weight is 648 g/mol. The summed E-state index contributed by atoms with van der Waals surface area (Å²) in [7, 11) is 0. The number of aliphatic hydroxyl groups excluding tert-OH is 3. The fourth-order valence-electron chi connectivity index (χ4n) is 4.71. The lowest BCUT2D eigenvalue weighted by atomic mass is 9.83. The van der Waals surface area contributed by atoms with Gasteiger partial charge >= 0.3 is 12.2 Å². The molecule has 0 aromatic rings. The van der Waals surface area contributed by atoms with E-state index >= 15 is 0 Å². The van der Waals surface area contributed by atoms with Crippen molar-refractivity contribution in [2.75, 3.05) is 19.8 Å². The Morgan fingerprint density at radius 2 is 1.64 bits per heavy atom. The van der Waals surface area contributed by atoms with Crippen LogP contribution < -0.4 is 22.1 Å². The summed E-state index contributed by atoms with van der Waals surface area (Å²) in [5.41, 5.74) is 9.25. The summed E-state index contributed by atoms with van der Waals surface area (Å²) in [6.07, 6.45) is -5.71. The van der Waals surface area contributed by atoms with Crippen molar-refractivity contribution in [1.29, 1.82) is 0 Å². The molecule has 0 spiro atoms. The number of hydrogen-bond acceptors (Lipinski definition) is 12. The smallest absolute Gasteiger partial charge is 0.407 e. The SMILES string of the molecule is CC[C@@H](O)[C@H](OCCO)O[C@@H]1[C@@H](O)[C@H](O[C@@H]2CCC=C(CN=C(N)N)O2)[C@@H](NC(=O)OC(C)(C)C)C[C@H]1NC(=O)OC(C)(C)C. The maximum Gasteiger partial charge on any atom is 0.407 e. The number of nitrogens with two attached hydrogens (primary N) is 2. The van der Waals surface area contributed by atoms with E-state index in [1.54, 1.807) is 48.5 Å². The van der Waals surface area contributed by atoms with Crippen LogP contribution in [-0.4, -0.2) is 114 Å². The Labute approximate surface area is 264 Å².